The predicted octanol–water partition coefficient (Wildman–Crippen LogP) is 28.6. The number of carboxylic acids is 1. The lowest BCUT2D eigenvalue weighted by Gasteiger charge is -2.11. The minimum absolute atomic E-state index is 0.00234. The Morgan fingerprint density at radius 1 is 0.296 bits per heavy atom. The molecule has 22 nitrogen and oxygen atoms in total. The Hall–Kier alpha value is -9.44. The van der Waals surface area contributed by atoms with Crippen molar-refractivity contribution in [1.82, 2.24) is 29.9 Å². The molecule has 135 heavy (non-hydrogen) atoms. The van der Waals surface area contributed by atoms with E-state index in [0.29, 0.717) is 35.6 Å². The summed E-state index contributed by atoms with van der Waals surface area (Å²) in [6, 6.07) is 18.2. The standard InChI is InChI=1S/2C14H12ClF3N2OS.3C13H11ClF3N3OS.C7H5ClF3N.C7H9NO2S.CH3Br/c2*1-7(2)13-19-6-11(22-13)12(21)20-8-3-4-10(15)9(5-8)14(16,17)18;3*1-6(18)12-19-5-10(22-12)11(21)20-7-2-3-9(14)8(4-7)13(15,16)17;8-6-2-1-4(12)3-5(6)7(9,10)11;1-4(2)6-8-3-5(11-6)7(9)10;1-2/h2*3-7H,1-2H3,(H,20,21);3*2-6H,18H2,1H3,(H,20,21);1-3H,12H2;3-4H,1-2H3,(H,9,10);1H3/t;;2*6-;;;;/m..10..../s1. The number of benzene rings is 6. The number of rotatable bonds is 17. The number of amides is 5. The van der Waals surface area contributed by atoms with E-state index >= 15 is 0 Å². The molecule has 0 aliphatic carbocycles. The Morgan fingerprint density at radius 2 is 0.459 bits per heavy atom. The van der Waals surface area contributed by atoms with Crippen LogP contribution >= 0.6 is 154 Å². The summed E-state index contributed by atoms with van der Waals surface area (Å²) < 4.78 is 228. The Labute approximate surface area is 819 Å². The number of alkyl halides is 19. The molecule has 6 heterocycles. The van der Waals surface area contributed by atoms with Crippen molar-refractivity contribution in [3.63, 3.8) is 0 Å². The summed E-state index contributed by atoms with van der Waals surface area (Å²) in [5, 5.41) is 22.3. The normalized spacial score (nSPS) is 12.1. The number of nitrogens with two attached hydrogens (primary N) is 4. The highest BCUT2D eigenvalue weighted by Crippen LogP contribution is 2.43. The number of halogens is 25. The van der Waals surface area contributed by atoms with Gasteiger partial charge >= 0.3 is 43.0 Å². The summed E-state index contributed by atoms with van der Waals surface area (Å²) in [4.78, 5) is 96.4. The van der Waals surface area contributed by atoms with E-state index in [-0.39, 0.29) is 83.7 Å². The Balaban J connectivity index is 0.000000281. The van der Waals surface area contributed by atoms with Crippen LogP contribution in [0.15, 0.2) is 146 Å². The third-order valence-electron chi connectivity index (χ3n) is 16.1. The number of carbonyl (C=O) groups is 6. The molecule has 0 aliphatic rings. The number of anilines is 6. The maximum atomic E-state index is 12.8. The Bertz CT molecular complexity index is 5350. The van der Waals surface area contributed by atoms with E-state index in [1.54, 1.807) is 20.8 Å². The van der Waals surface area contributed by atoms with E-state index in [4.69, 9.17) is 97.6 Å². The van der Waals surface area contributed by atoms with Crippen molar-refractivity contribution in [1.29, 1.82) is 0 Å². The highest BCUT2D eigenvalue weighted by molar-refractivity contribution is 9.08. The second-order valence-corrected chi connectivity index (χ2v) is 36.8. The first-order valence-corrected chi connectivity index (χ1v) is 46.3. The summed E-state index contributed by atoms with van der Waals surface area (Å²) in [6.45, 7) is 16.9. The first-order chi connectivity index (χ1) is 62.4. The third-order valence-corrected chi connectivity index (χ3v) is 25.5. The van der Waals surface area contributed by atoms with Crippen molar-refractivity contribution >= 4 is 223 Å². The van der Waals surface area contributed by atoms with Crippen molar-refractivity contribution in [2.45, 2.75) is 135 Å². The SMILES string of the molecule is CBr.CC(C)c1ncc(C(=O)Nc2ccc(Cl)c(C(F)(F)F)c2)s1.CC(C)c1ncc(C(=O)Nc2ccc(Cl)c(C(F)(F)F)c2)s1.CC(C)c1ncc(C(=O)O)s1.CC(N)c1ncc(C(=O)Nc2ccc(Cl)c(C(F)(F)F)c2)s1.C[C@@H](N)c1ncc(C(=O)Nc2ccc(Cl)c(C(F)(F)F)c2)s1.C[C@H](N)c1ncc(C(=O)Nc2ccc(Cl)c(C(F)(F)F)c2)s1.Nc1ccc(Cl)c(C(F)(F)F)c1. The van der Waals surface area contributed by atoms with E-state index in [1.807, 2.05) is 47.4 Å². The van der Waals surface area contributed by atoms with Crippen LogP contribution in [0.5, 0.6) is 0 Å². The van der Waals surface area contributed by atoms with Gasteiger partial charge in [-0.2, -0.15) is 79.0 Å². The minimum atomic E-state index is -4.59. The fourth-order valence-corrected chi connectivity index (χ4v) is 15.6. The van der Waals surface area contributed by atoms with Gasteiger partial charge in [-0.3, -0.25) is 24.0 Å². The monoisotopic (exact) mass is 2200 g/mol. The molecule has 0 radical (unpaired) electrons. The summed E-state index contributed by atoms with van der Waals surface area (Å²) in [5.74, 6) is -1.08. The van der Waals surface area contributed by atoms with Crippen molar-refractivity contribution in [3.8, 4) is 0 Å². The van der Waals surface area contributed by atoms with Gasteiger partial charge in [0.05, 0.1) is 134 Å². The zero-order valence-electron chi connectivity index (χ0n) is 70.6. The van der Waals surface area contributed by atoms with Gasteiger partial charge in [-0.05, 0) is 136 Å². The maximum absolute atomic E-state index is 12.8. The molecule has 0 spiro atoms. The van der Waals surface area contributed by atoms with Crippen molar-refractivity contribution in [2.24, 2.45) is 17.2 Å². The number of carbonyl (C=O) groups excluding carboxylic acids is 5. The van der Waals surface area contributed by atoms with Crippen LogP contribution in [0.1, 0.15) is 220 Å². The number of hydrogen-bond acceptors (Lipinski definition) is 22. The summed E-state index contributed by atoms with van der Waals surface area (Å²) in [7, 11) is 0. The van der Waals surface area contributed by atoms with Crippen LogP contribution in [0.2, 0.25) is 30.1 Å². The van der Waals surface area contributed by atoms with E-state index in [9.17, 15) is 108 Å². The van der Waals surface area contributed by atoms with Gasteiger partial charge in [-0.1, -0.05) is 127 Å². The molecule has 0 aliphatic heterocycles. The van der Waals surface area contributed by atoms with Crippen LogP contribution < -0.4 is 49.5 Å². The highest BCUT2D eigenvalue weighted by Gasteiger charge is 2.39. The number of aromatic carboxylic acids is 1. The van der Waals surface area contributed by atoms with Gasteiger partial charge in [0, 0.05) is 51.9 Å². The zero-order valence-corrected chi connectivity index (χ0v) is 81.6. The lowest BCUT2D eigenvalue weighted by atomic mass is 10.2. The third kappa shape index (κ3) is 36.5. The molecule has 0 saturated carbocycles. The van der Waals surface area contributed by atoms with Gasteiger partial charge < -0.3 is 54.6 Å². The number of carboxylic acid groups (broad SMARTS) is 1. The van der Waals surface area contributed by atoms with Crippen molar-refractivity contribution < 1.29 is 113 Å². The van der Waals surface area contributed by atoms with Gasteiger partial charge in [-0.25, -0.2) is 34.7 Å². The highest BCUT2D eigenvalue weighted by atomic mass is 79.9. The number of hydrogen-bond donors (Lipinski definition) is 10. The number of nitrogens with zero attached hydrogens (tertiary/aromatic N) is 6. The molecule has 0 fully saturated rings. The lowest BCUT2D eigenvalue weighted by Crippen LogP contribution is -2.12. The number of thiazole rings is 6. The number of nitrogens with one attached hydrogen (secondary N) is 5. The average molecular weight is 2210 g/mol. The molecule has 730 valence electrons. The number of nitrogen functional groups attached to an aromatic ring is 1. The van der Waals surface area contributed by atoms with Crippen LogP contribution in [0.25, 0.3) is 0 Å². The topological polar surface area (TPSA) is 364 Å². The molecule has 14 N–H and O–H groups in total. The Kier molecular flexibility index (Phi) is 43.6. The number of aromatic nitrogens is 6. The van der Waals surface area contributed by atoms with Gasteiger partial charge in [0.1, 0.15) is 44.3 Å². The van der Waals surface area contributed by atoms with Crippen LogP contribution in [0.3, 0.4) is 0 Å². The average Bonchev–Trinajstić information content (AvgIpc) is 0.941. The molecule has 1 unspecified atom stereocenters. The van der Waals surface area contributed by atoms with Gasteiger partial charge in [0.15, 0.2) is 0 Å². The largest absolute Gasteiger partial charge is 0.477 e. The van der Waals surface area contributed by atoms with Crippen LogP contribution in [0.4, 0.5) is 113 Å². The quantitative estimate of drug-likeness (QED) is 0.0230. The van der Waals surface area contributed by atoms with E-state index in [1.165, 1.54) is 108 Å². The minimum Gasteiger partial charge on any atom is -0.477 e. The molecule has 6 aromatic heterocycles. The van der Waals surface area contributed by atoms with Crippen LogP contribution in [-0.2, 0) is 37.1 Å². The molecule has 53 heteroatoms. The van der Waals surface area contributed by atoms with E-state index in [2.05, 4.69) is 72.4 Å². The second-order valence-electron chi connectivity index (χ2n) is 28.0. The fourth-order valence-electron chi connectivity index (χ4n) is 9.61. The van der Waals surface area contributed by atoms with Crippen LogP contribution in [-0.4, -0.2) is 76.3 Å². The first-order valence-electron chi connectivity index (χ1n) is 37.6. The first kappa shape index (κ1) is 116. The molecule has 0 bridgehead atoms. The van der Waals surface area contributed by atoms with Gasteiger partial charge in [0.25, 0.3) is 29.5 Å². The molecular formula is C82H74BrCl6F18N15O7S6. The van der Waals surface area contributed by atoms with Crippen molar-refractivity contribution in [2.75, 3.05) is 38.2 Å². The Morgan fingerprint density at radius 3 is 0.607 bits per heavy atom. The summed E-state index contributed by atoms with van der Waals surface area (Å²) in [6.07, 6.45) is -19.1. The maximum Gasteiger partial charge on any atom is 0.417 e. The zero-order chi connectivity index (χ0) is 102. The molecule has 0 saturated heterocycles. The molecule has 3 atom stereocenters. The fraction of sp³-hybridized carbons (Fsp3) is 0.268. The van der Waals surface area contributed by atoms with Gasteiger partial charge in [0.2, 0.25) is 0 Å². The second kappa shape index (κ2) is 50.8. The molecular weight excluding hydrogens is 2130 g/mol. The predicted molar refractivity (Wildman–Crippen MR) is 497 cm³/mol. The molecule has 5 amide bonds. The van der Waals surface area contributed by atoms with E-state index < -0.39 is 131 Å². The molecule has 12 aromatic rings. The smallest absolute Gasteiger partial charge is 0.417 e. The molecule has 12 rings (SSSR count). The van der Waals surface area contributed by atoms with Gasteiger partial charge in [-0.15, -0.1) is 68.0 Å². The molecule has 6 aromatic carbocycles. The van der Waals surface area contributed by atoms with Crippen molar-refractivity contribution in [3.05, 3.63) is 269 Å². The van der Waals surface area contributed by atoms with Crippen LogP contribution in [0, 0.1) is 0 Å². The lowest BCUT2D eigenvalue weighted by molar-refractivity contribution is -0.138. The summed E-state index contributed by atoms with van der Waals surface area (Å²) >= 11 is 42.8. The van der Waals surface area contributed by atoms with E-state index in [0.717, 1.165) is 122 Å². The summed E-state index contributed by atoms with van der Waals surface area (Å²) in [5.41, 5.74) is 16.3.